The van der Waals surface area contributed by atoms with E-state index in [1.165, 1.54) is 12.2 Å². The van der Waals surface area contributed by atoms with Crippen LogP contribution in [-0.4, -0.2) is 23.1 Å². The Morgan fingerprint density at radius 2 is 2.10 bits per heavy atom. The van der Waals surface area contributed by atoms with Crippen molar-refractivity contribution in [3.05, 3.63) is 36.2 Å². The van der Waals surface area contributed by atoms with Crippen molar-refractivity contribution < 1.29 is 18.0 Å². The molecule has 1 fully saturated rings. The van der Waals surface area contributed by atoms with Crippen LogP contribution in [0.2, 0.25) is 0 Å². The molecule has 2 atom stereocenters. The quantitative estimate of drug-likeness (QED) is 0.870. The van der Waals surface area contributed by atoms with Gasteiger partial charge in [-0.2, -0.15) is 13.2 Å². The first-order valence-electron chi connectivity index (χ1n) is 6.92. The first-order chi connectivity index (χ1) is 9.97. The predicted molar refractivity (Wildman–Crippen MR) is 73.2 cm³/mol. The van der Waals surface area contributed by atoms with Gasteiger partial charge in [0, 0.05) is 24.5 Å². The third-order valence-corrected chi connectivity index (χ3v) is 3.63. The van der Waals surface area contributed by atoms with E-state index in [0.29, 0.717) is 19.3 Å². The molecule has 0 aliphatic heterocycles. The summed E-state index contributed by atoms with van der Waals surface area (Å²) in [5, 5.41) is 2.48. The molecule has 0 radical (unpaired) electrons. The molecule has 1 aromatic heterocycles. The number of nitrogens with zero attached hydrogens (tertiary/aromatic N) is 1. The fraction of sp³-hybridized carbons (Fsp3) is 0.467. The van der Waals surface area contributed by atoms with Crippen LogP contribution in [0.15, 0.2) is 30.6 Å². The van der Waals surface area contributed by atoms with Crippen LogP contribution in [-0.2, 0) is 4.79 Å². The Labute approximate surface area is 121 Å². The molecule has 2 rings (SSSR count). The molecule has 0 bridgehead atoms. The molecule has 21 heavy (non-hydrogen) atoms. The van der Waals surface area contributed by atoms with E-state index in [4.69, 9.17) is 0 Å². The van der Waals surface area contributed by atoms with Gasteiger partial charge in [0.2, 0.25) is 5.91 Å². The van der Waals surface area contributed by atoms with Gasteiger partial charge in [-0.25, -0.2) is 0 Å². The van der Waals surface area contributed by atoms with Crippen molar-refractivity contribution in [3.8, 4) is 0 Å². The van der Waals surface area contributed by atoms with Gasteiger partial charge in [0.25, 0.3) is 0 Å². The predicted octanol–water partition coefficient (Wildman–Crippen LogP) is 3.33. The Morgan fingerprint density at radius 3 is 2.76 bits per heavy atom. The zero-order valence-electron chi connectivity index (χ0n) is 11.4. The number of alkyl halides is 3. The Bertz CT molecular complexity index is 499. The highest BCUT2D eigenvalue weighted by Gasteiger charge is 2.45. The maximum absolute atomic E-state index is 12.9. The van der Waals surface area contributed by atoms with Crippen LogP contribution < -0.4 is 5.32 Å². The number of aromatic nitrogens is 1. The highest BCUT2D eigenvalue weighted by atomic mass is 19.4. The van der Waals surface area contributed by atoms with Gasteiger partial charge in [-0.1, -0.05) is 18.9 Å². The summed E-state index contributed by atoms with van der Waals surface area (Å²) in [6.07, 6.45) is 3.43. The van der Waals surface area contributed by atoms with Crippen molar-refractivity contribution in [2.24, 2.45) is 5.92 Å². The van der Waals surface area contributed by atoms with Crippen LogP contribution in [0.25, 0.3) is 6.08 Å². The molecule has 6 heteroatoms. The second-order valence-corrected chi connectivity index (χ2v) is 5.17. The van der Waals surface area contributed by atoms with Crippen LogP contribution in [0.4, 0.5) is 13.2 Å². The molecule has 1 aliphatic rings. The number of rotatable bonds is 3. The first kappa shape index (κ1) is 15.5. The first-order valence-corrected chi connectivity index (χ1v) is 6.92. The molecule has 3 nitrogen and oxygen atoms in total. The molecule has 1 aromatic rings. The molecule has 0 aromatic carbocycles. The lowest BCUT2D eigenvalue weighted by molar-refractivity contribution is -0.188. The largest absolute Gasteiger partial charge is 0.393 e. The fourth-order valence-corrected chi connectivity index (χ4v) is 2.57. The van der Waals surface area contributed by atoms with Crippen molar-refractivity contribution in [2.75, 3.05) is 0 Å². The van der Waals surface area contributed by atoms with Crippen LogP contribution in [0.5, 0.6) is 0 Å². The molecule has 1 heterocycles. The van der Waals surface area contributed by atoms with Crippen molar-refractivity contribution >= 4 is 12.0 Å². The summed E-state index contributed by atoms with van der Waals surface area (Å²) < 4.78 is 38.7. The smallest absolute Gasteiger partial charge is 0.349 e. The van der Waals surface area contributed by atoms with Crippen molar-refractivity contribution in [1.82, 2.24) is 10.3 Å². The molecular formula is C15H17F3N2O. The van der Waals surface area contributed by atoms with Gasteiger partial charge in [-0.05, 0) is 30.5 Å². The molecule has 1 amide bonds. The maximum Gasteiger partial charge on any atom is 0.393 e. The van der Waals surface area contributed by atoms with Gasteiger partial charge in [-0.3, -0.25) is 9.78 Å². The third-order valence-electron chi connectivity index (χ3n) is 3.63. The number of halogens is 3. The number of carbonyl (C=O) groups excluding carboxylic acids is 1. The minimum Gasteiger partial charge on any atom is -0.349 e. The SMILES string of the molecule is O=C(/C=C/c1cccnc1)NC1CCCCC1C(F)(F)F. The summed E-state index contributed by atoms with van der Waals surface area (Å²) in [5.74, 6) is -1.94. The lowest BCUT2D eigenvalue weighted by Gasteiger charge is -2.33. The van der Waals surface area contributed by atoms with Crippen LogP contribution in [0.1, 0.15) is 31.2 Å². The lowest BCUT2D eigenvalue weighted by Crippen LogP contribution is -2.47. The highest BCUT2D eigenvalue weighted by molar-refractivity contribution is 5.91. The van der Waals surface area contributed by atoms with E-state index in [1.807, 2.05) is 0 Å². The zero-order chi connectivity index (χ0) is 15.3. The second kappa shape index (κ2) is 6.74. The van der Waals surface area contributed by atoms with E-state index < -0.39 is 24.0 Å². The van der Waals surface area contributed by atoms with Gasteiger partial charge in [0.05, 0.1) is 5.92 Å². The zero-order valence-corrected chi connectivity index (χ0v) is 11.4. The molecule has 2 unspecified atom stereocenters. The van der Waals surface area contributed by atoms with E-state index in [9.17, 15) is 18.0 Å². The number of carbonyl (C=O) groups is 1. The van der Waals surface area contributed by atoms with Crippen molar-refractivity contribution in [1.29, 1.82) is 0 Å². The van der Waals surface area contributed by atoms with E-state index in [-0.39, 0.29) is 6.42 Å². The summed E-state index contributed by atoms with van der Waals surface area (Å²) in [6.45, 7) is 0. The summed E-state index contributed by atoms with van der Waals surface area (Å²) >= 11 is 0. The van der Waals surface area contributed by atoms with Crippen LogP contribution in [0.3, 0.4) is 0 Å². The summed E-state index contributed by atoms with van der Waals surface area (Å²) in [7, 11) is 0. The summed E-state index contributed by atoms with van der Waals surface area (Å²) in [5.41, 5.74) is 0.726. The third kappa shape index (κ3) is 4.58. The molecule has 1 N–H and O–H groups in total. The number of pyridine rings is 1. The van der Waals surface area contributed by atoms with Gasteiger partial charge in [0.15, 0.2) is 0 Å². The number of amides is 1. The molecule has 0 saturated heterocycles. The van der Waals surface area contributed by atoms with Gasteiger partial charge < -0.3 is 5.32 Å². The van der Waals surface area contributed by atoms with Gasteiger partial charge in [-0.15, -0.1) is 0 Å². The number of hydrogen-bond donors (Lipinski definition) is 1. The molecular weight excluding hydrogens is 281 g/mol. The van der Waals surface area contributed by atoms with E-state index in [0.717, 1.165) is 5.56 Å². The Hall–Kier alpha value is -1.85. The summed E-state index contributed by atoms with van der Waals surface area (Å²) in [6, 6.07) is 2.65. The summed E-state index contributed by atoms with van der Waals surface area (Å²) in [4.78, 5) is 15.7. The Kier molecular flexibility index (Phi) is 4.98. The van der Waals surface area contributed by atoms with Crippen LogP contribution >= 0.6 is 0 Å². The monoisotopic (exact) mass is 298 g/mol. The molecule has 1 aliphatic carbocycles. The van der Waals surface area contributed by atoms with E-state index >= 15 is 0 Å². The number of hydrogen-bond acceptors (Lipinski definition) is 2. The second-order valence-electron chi connectivity index (χ2n) is 5.17. The Morgan fingerprint density at radius 1 is 1.33 bits per heavy atom. The van der Waals surface area contributed by atoms with E-state index in [2.05, 4.69) is 10.3 Å². The minimum absolute atomic E-state index is 0.0841. The fourth-order valence-electron chi connectivity index (χ4n) is 2.57. The van der Waals surface area contributed by atoms with Crippen molar-refractivity contribution in [2.45, 2.75) is 37.9 Å². The number of nitrogens with one attached hydrogen (secondary N) is 1. The van der Waals surface area contributed by atoms with Gasteiger partial charge >= 0.3 is 6.18 Å². The van der Waals surface area contributed by atoms with E-state index in [1.54, 1.807) is 24.5 Å². The standard InChI is InChI=1S/C15H17F3N2O/c16-15(17,18)12-5-1-2-6-13(12)20-14(21)8-7-11-4-3-9-19-10-11/h3-4,7-10,12-13H,1-2,5-6H2,(H,20,21)/b8-7+. The average Bonchev–Trinajstić information content (AvgIpc) is 2.46. The van der Waals surface area contributed by atoms with Crippen LogP contribution in [0, 0.1) is 5.92 Å². The van der Waals surface area contributed by atoms with Gasteiger partial charge in [0.1, 0.15) is 0 Å². The average molecular weight is 298 g/mol. The normalized spacial score (nSPS) is 23.2. The topological polar surface area (TPSA) is 42.0 Å². The molecule has 0 spiro atoms. The Balaban J connectivity index is 1.96. The highest BCUT2D eigenvalue weighted by Crippen LogP contribution is 2.37. The van der Waals surface area contributed by atoms with Crippen molar-refractivity contribution in [3.63, 3.8) is 0 Å². The molecule has 114 valence electrons. The maximum atomic E-state index is 12.9. The molecule has 1 saturated carbocycles. The minimum atomic E-state index is -4.26. The lowest BCUT2D eigenvalue weighted by atomic mass is 9.84.